The predicted molar refractivity (Wildman–Crippen MR) is 123 cm³/mol. The highest BCUT2D eigenvalue weighted by Crippen LogP contribution is 2.23. The molecule has 0 aromatic heterocycles. The molecule has 0 bridgehead atoms. The van der Waals surface area contributed by atoms with Crippen LogP contribution in [-0.4, -0.2) is 70.1 Å². The van der Waals surface area contributed by atoms with Crippen molar-refractivity contribution in [1.82, 2.24) is 15.5 Å². The summed E-state index contributed by atoms with van der Waals surface area (Å²) in [5.41, 5.74) is 1.48. The molecule has 0 aliphatic carbocycles. The summed E-state index contributed by atoms with van der Waals surface area (Å²) < 4.78 is 47.7. The van der Waals surface area contributed by atoms with Gasteiger partial charge in [0.2, 0.25) is 0 Å². The average molecular weight is 544 g/mol. The number of halogens is 4. The molecule has 0 amide bonds. The van der Waals surface area contributed by atoms with E-state index in [9.17, 15) is 13.2 Å². The van der Waals surface area contributed by atoms with Crippen molar-refractivity contribution in [2.45, 2.75) is 38.5 Å². The topological polar surface area (TPSA) is 58.1 Å². The number of benzene rings is 1. The third-order valence-electron chi connectivity index (χ3n) is 4.87. The van der Waals surface area contributed by atoms with Crippen LogP contribution in [0.2, 0.25) is 0 Å². The van der Waals surface area contributed by atoms with Crippen molar-refractivity contribution in [2.75, 3.05) is 47.0 Å². The molecule has 1 fully saturated rings. The van der Waals surface area contributed by atoms with Gasteiger partial charge in [0.05, 0.1) is 6.61 Å². The molecule has 1 atom stereocenters. The Morgan fingerprint density at radius 2 is 2.07 bits per heavy atom. The summed E-state index contributed by atoms with van der Waals surface area (Å²) in [5.74, 6) is 0.831. The Morgan fingerprint density at radius 3 is 2.73 bits per heavy atom. The Bertz CT molecular complexity index is 674. The molecular formula is C20H32F3IN4O2. The first-order chi connectivity index (χ1) is 13.8. The first-order valence-corrected chi connectivity index (χ1v) is 9.79. The number of likely N-dealkylation sites (tertiary alicyclic amines) is 1. The van der Waals surface area contributed by atoms with Crippen LogP contribution in [0.15, 0.2) is 23.2 Å². The lowest BCUT2D eigenvalue weighted by Gasteiger charge is -2.25. The summed E-state index contributed by atoms with van der Waals surface area (Å²) in [5, 5.41) is 6.47. The van der Waals surface area contributed by atoms with Crippen LogP contribution in [-0.2, 0) is 11.3 Å². The molecule has 1 saturated heterocycles. The fourth-order valence-corrected chi connectivity index (χ4v) is 3.35. The van der Waals surface area contributed by atoms with Crippen molar-refractivity contribution in [3.63, 3.8) is 0 Å². The standard InChI is InChI=1S/C20H31F3N4O2.HI/c1-15-6-7-16(18(11-15)29-14-20(21,22)23)12-25-19(24-2)26-13-17-5-4-8-27(17)9-10-28-3;/h6-7,11,17H,4-5,8-10,12-14H2,1-3H3,(H2,24,25,26);1H. The number of aliphatic imine (C=N–C) groups is 1. The number of nitrogens with one attached hydrogen (secondary N) is 2. The van der Waals surface area contributed by atoms with Crippen LogP contribution in [0.4, 0.5) is 13.2 Å². The number of rotatable bonds is 9. The summed E-state index contributed by atoms with van der Waals surface area (Å²) in [7, 11) is 3.37. The normalized spacial score (nSPS) is 17.5. The van der Waals surface area contributed by atoms with Gasteiger partial charge in [0.25, 0.3) is 0 Å². The van der Waals surface area contributed by atoms with Crippen molar-refractivity contribution in [1.29, 1.82) is 0 Å². The molecule has 0 saturated carbocycles. The van der Waals surface area contributed by atoms with Gasteiger partial charge in [0.15, 0.2) is 12.6 Å². The van der Waals surface area contributed by atoms with Gasteiger partial charge in [-0.3, -0.25) is 9.89 Å². The zero-order chi connectivity index (χ0) is 21.3. The van der Waals surface area contributed by atoms with Crippen molar-refractivity contribution < 1.29 is 22.6 Å². The molecule has 0 radical (unpaired) electrons. The van der Waals surface area contributed by atoms with Gasteiger partial charge in [-0.25, -0.2) is 0 Å². The number of ether oxygens (including phenoxy) is 2. The lowest BCUT2D eigenvalue weighted by Crippen LogP contribution is -2.45. The second kappa shape index (κ2) is 13.2. The summed E-state index contributed by atoms with van der Waals surface area (Å²) in [4.78, 5) is 6.61. The smallest absolute Gasteiger partial charge is 0.422 e. The summed E-state index contributed by atoms with van der Waals surface area (Å²) in [6, 6.07) is 5.64. The van der Waals surface area contributed by atoms with Crippen molar-refractivity contribution in [3.05, 3.63) is 29.3 Å². The summed E-state index contributed by atoms with van der Waals surface area (Å²) in [6.45, 7) is 4.23. The SMILES string of the molecule is CN=C(NCc1ccc(C)cc1OCC(F)(F)F)NCC1CCCN1CCOC.I. The number of guanidine groups is 1. The Balaban J connectivity index is 0.00000450. The van der Waals surface area contributed by atoms with Gasteiger partial charge >= 0.3 is 6.18 Å². The molecular weight excluding hydrogens is 512 g/mol. The Hall–Kier alpha value is -1.27. The number of hydrogen-bond donors (Lipinski definition) is 2. The van der Waals surface area contributed by atoms with E-state index >= 15 is 0 Å². The maximum Gasteiger partial charge on any atom is 0.422 e. The average Bonchev–Trinajstić information content (AvgIpc) is 3.12. The minimum atomic E-state index is -4.37. The maximum absolute atomic E-state index is 12.5. The summed E-state index contributed by atoms with van der Waals surface area (Å²) in [6.07, 6.45) is -2.10. The fraction of sp³-hybridized carbons (Fsp3) is 0.650. The van der Waals surface area contributed by atoms with Crippen LogP contribution in [0.25, 0.3) is 0 Å². The van der Waals surface area contributed by atoms with E-state index in [1.165, 1.54) is 0 Å². The van der Waals surface area contributed by atoms with E-state index < -0.39 is 12.8 Å². The second-order valence-electron chi connectivity index (χ2n) is 7.15. The van der Waals surface area contributed by atoms with Crippen LogP contribution in [0.3, 0.4) is 0 Å². The largest absolute Gasteiger partial charge is 0.484 e. The number of aryl methyl sites for hydroxylation is 1. The number of hydrogen-bond acceptors (Lipinski definition) is 4. The van der Waals surface area contributed by atoms with E-state index in [1.54, 1.807) is 26.3 Å². The van der Waals surface area contributed by atoms with E-state index in [1.807, 2.05) is 13.0 Å². The first kappa shape index (κ1) is 26.8. The Kier molecular flexibility index (Phi) is 11.8. The van der Waals surface area contributed by atoms with E-state index in [4.69, 9.17) is 9.47 Å². The van der Waals surface area contributed by atoms with E-state index in [2.05, 4.69) is 20.5 Å². The molecule has 1 aromatic carbocycles. The Labute approximate surface area is 193 Å². The molecule has 1 aliphatic rings. The minimum Gasteiger partial charge on any atom is -0.484 e. The molecule has 1 aliphatic heterocycles. The molecule has 1 heterocycles. The van der Waals surface area contributed by atoms with Gasteiger partial charge < -0.3 is 20.1 Å². The van der Waals surface area contributed by atoms with Crippen LogP contribution < -0.4 is 15.4 Å². The maximum atomic E-state index is 12.5. The molecule has 6 nitrogen and oxygen atoms in total. The third-order valence-corrected chi connectivity index (χ3v) is 4.87. The molecule has 30 heavy (non-hydrogen) atoms. The van der Waals surface area contributed by atoms with Gasteiger partial charge in [-0.2, -0.15) is 13.2 Å². The lowest BCUT2D eigenvalue weighted by atomic mass is 10.1. The zero-order valence-electron chi connectivity index (χ0n) is 17.7. The monoisotopic (exact) mass is 544 g/mol. The number of nitrogens with zero attached hydrogens (tertiary/aromatic N) is 2. The number of methoxy groups -OCH3 is 1. The van der Waals surface area contributed by atoms with Gasteiger partial charge in [-0.15, -0.1) is 24.0 Å². The first-order valence-electron chi connectivity index (χ1n) is 9.79. The van der Waals surface area contributed by atoms with Crippen LogP contribution in [0, 0.1) is 6.92 Å². The number of alkyl halides is 3. The predicted octanol–water partition coefficient (Wildman–Crippen LogP) is 3.33. The van der Waals surface area contributed by atoms with Crippen molar-refractivity contribution in [2.24, 2.45) is 4.99 Å². The van der Waals surface area contributed by atoms with Crippen LogP contribution in [0.5, 0.6) is 5.75 Å². The molecule has 0 spiro atoms. The molecule has 2 rings (SSSR count). The molecule has 2 N–H and O–H groups in total. The molecule has 10 heteroatoms. The highest BCUT2D eigenvalue weighted by atomic mass is 127. The lowest BCUT2D eigenvalue weighted by molar-refractivity contribution is -0.153. The van der Waals surface area contributed by atoms with E-state index in [0.29, 0.717) is 30.7 Å². The quantitative estimate of drug-likeness (QED) is 0.284. The second-order valence-corrected chi connectivity index (χ2v) is 7.15. The highest BCUT2D eigenvalue weighted by Gasteiger charge is 2.29. The van der Waals surface area contributed by atoms with Crippen LogP contribution in [0.1, 0.15) is 24.0 Å². The molecule has 1 aromatic rings. The highest BCUT2D eigenvalue weighted by molar-refractivity contribution is 14.0. The zero-order valence-corrected chi connectivity index (χ0v) is 20.0. The van der Waals surface area contributed by atoms with Crippen molar-refractivity contribution >= 4 is 29.9 Å². The Morgan fingerprint density at radius 1 is 1.30 bits per heavy atom. The van der Waals surface area contributed by atoms with Gasteiger partial charge in [0, 0.05) is 45.4 Å². The van der Waals surface area contributed by atoms with E-state index in [0.717, 1.165) is 38.0 Å². The van der Waals surface area contributed by atoms with Gasteiger partial charge in [-0.1, -0.05) is 12.1 Å². The third kappa shape index (κ3) is 9.25. The van der Waals surface area contributed by atoms with Crippen molar-refractivity contribution in [3.8, 4) is 5.75 Å². The van der Waals surface area contributed by atoms with Gasteiger partial charge in [-0.05, 0) is 37.9 Å². The summed E-state index contributed by atoms with van der Waals surface area (Å²) >= 11 is 0. The molecule has 172 valence electrons. The fourth-order valence-electron chi connectivity index (χ4n) is 3.35. The van der Waals surface area contributed by atoms with E-state index in [-0.39, 0.29) is 29.7 Å². The van der Waals surface area contributed by atoms with Crippen LogP contribution >= 0.6 is 24.0 Å². The minimum absolute atomic E-state index is 0. The van der Waals surface area contributed by atoms with Gasteiger partial charge in [0.1, 0.15) is 5.75 Å². The molecule has 1 unspecified atom stereocenters.